The summed E-state index contributed by atoms with van der Waals surface area (Å²) in [6.45, 7) is 5.86. The van der Waals surface area contributed by atoms with Gasteiger partial charge in [-0.2, -0.15) is 0 Å². The third-order valence-electron chi connectivity index (χ3n) is 0.683. The van der Waals surface area contributed by atoms with E-state index in [4.69, 9.17) is 0 Å². The quantitative estimate of drug-likeness (QED) is 0.515. The molecule has 0 bridgehead atoms. The van der Waals surface area contributed by atoms with Crippen LogP contribution in [-0.2, 0) is 0 Å². The Bertz CT molecular complexity index is 41.9. The Labute approximate surface area is 43.6 Å². The maximum Gasteiger partial charge on any atom is -0.0140 e. The van der Waals surface area contributed by atoms with Crippen LogP contribution >= 0.6 is 11.8 Å². The van der Waals surface area contributed by atoms with Crippen molar-refractivity contribution in [1.82, 2.24) is 0 Å². The summed E-state index contributed by atoms with van der Waals surface area (Å²) in [6, 6.07) is 0. The van der Waals surface area contributed by atoms with E-state index < -0.39 is 0 Å². The number of hydrogen-bond acceptors (Lipinski definition) is 1. The molecule has 0 atom stereocenters. The summed E-state index contributed by atoms with van der Waals surface area (Å²) in [7, 11) is 0. The molecular formula is C5H10S. The molecule has 0 aromatic carbocycles. The second kappa shape index (κ2) is 3.29. The van der Waals surface area contributed by atoms with Gasteiger partial charge in [0.05, 0.1) is 0 Å². The van der Waals surface area contributed by atoms with Crippen molar-refractivity contribution in [3.8, 4) is 0 Å². The van der Waals surface area contributed by atoms with Crippen molar-refractivity contribution in [2.45, 2.75) is 13.3 Å². The van der Waals surface area contributed by atoms with Crippen LogP contribution in [0.1, 0.15) is 13.3 Å². The first-order valence-electron chi connectivity index (χ1n) is 2.03. The zero-order valence-corrected chi connectivity index (χ0v) is 5.14. The van der Waals surface area contributed by atoms with Gasteiger partial charge in [-0.3, -0.25) is 0 Å². The molecule has 0 aromatic rings. The Balaban J connectivity index is 2.99. The van der Waals surface area contributed by atoms with Crippen LogP contribution in [0.2, 0.25) is 0 Å². The standard InChI is InChI=1S/C5H10S/c1-4-5(2)6-3/h2,4H2,1,3H3. The summed E-state index contributed by atoms with van der Waals surface area (Å²) in [5.41, 5.74) is 0. The van der Waals surface area contributed by atoms with E-state index >= 15 is 0 Å². The molecule has 0 radical (unpaired) electrons. The summed E-state index contributed by atoms with van der Waals surface area (Å²) in [4.78, 5) is 1.26. The van der Waals surface area contributed by atoms with Crippen LogP contribution in [0.3, 0.4) is 0 Å². The average Bonchev–Trinajstić information content (AvgIpc) is 1.65. The number of hydrogen-bond donors (Lipinski definition) is 0. The highest BCUT2D eigenvalue weighted by molar-refractivity contribution is 8.02. The summed E-state index contributed by atoms with van der Waals surface area (Å²) < 4.78 is 0. The number of allylic oxidation sites excluding steroid dienone is 1. The second-order valence-corrected chi connectivity index (χ2v) is 2.08. The van der Waals surface area contributed by atoms with E-state index in [2.05, 4.69) is 13.5 Å². The van der Waals surface area contributed by atoms with Gasteiger partial charge in [-0.05, 0) is 17.6 Å². The maximum absolute atomic E-state index is 3.75. The summed E-state index contributed by atoms with van der Waals surface area (Å²) in [6.07, 6.45) is 3.15. The SMILES string of the molecule is C=C(CC)SC. The Morgan fingerprint density at radius 3 is 2.33 bits per heavy atom. The van der Waals surface area contributed by atoms with E-state index in [1.54, 1.807) is 11.8 Å². The van der Waals surface area contributed by atoms with Crippen molar-refractivity contribution in [3.05, 3.63) is 11.5 Å². The molecule has 0 amide bonds. The minimum Gasteiger partial charge on any atom is -0.135 e. The molecule has 0 aliphatic heterocycles. The van der Waals surface area contributed by atoms with E-state index in [-0.39, 0.29) is 0 Å². The lowest BCUT2D eigenvalue weighted by molar-refractivity contribution is 1.21. The van der Waals surface area contributed by atoms with Gasteiger partial charge >= 0.3 is 0 Å². The van der Waals surface area contributed by atoms with Gasteiger partial charge < -0.3 is 0 Å². The predicted octanol–water partition coefficient (Wildman–Crippen LogP) is 2.27. The van der Waals surface area contributed by atoms with Crippen LogP contribution in [0, 0.1) is 0 Å². The predicted molar refractivity (Wildman–Crippen MR) is 32.9 cm³/mol. The minimum absolute atomic E-state index is 1.10. The van der Waals surface area contributed by atoms with Crippen molar-refractivity contribution >= 4 is 11.8 Å². The van der Waals surface area contributed by atoms with E-state index in [9.17, 15) is 0 Å². The molecule has 1 heteroatoms. The third-order valence-corrected chi connectivity index (χ3v) is 1.55. The topological polar surface area (TPSA) is 0 Å². The van der Waals surface area contributed by atoms with Gasteiger partial charge in [0.15, 0.2) is 0 Å². The molecule has 0 spiro atoms. The fourth-order valence-corrected chi connectivity index (χ4v) is 0.433. The molecule has 0 fully saturated rings. The Morgan fingerprint density at radius 1 is 1.83 bits per heavy atom. The normalized spacial score (nSPS) is 8.33. The van der Waals surface area contributed by atoms with Gasteiger partial charge in [-0.15, -0.1) is 11.8 Å². The first kappa shape index (κ1) is 6.09. The summed E-state index contributed by atoms with van der Waals surface area (Å²) >= 11 is 1.73. The molecule has 0 nitrogen and oxygen atoms in total. The average molecular weight is 102 g/mol. The van der Waals surface area contributed by atoms with Crippen molar-refractivity contribution in [3.63, 3.8) is 0 Å². The van der Waals surface area contributed by atoms with Gasteiger partial charge in [-0.1, -0.05) is 13.5 Å². The maximum atomic E-state index is 3.75. The zero-order chi connectivity index (χ0) is 4.99. The van der Waals surface area contributed by atoms with Gasteiger partial charge in [-0.25, -0.2) is 0 Å². The molecule has 0 unspecified atom stereocenters. The van der Waals surface area contributed by atoms with Crippen LogP contribution in [0.5, 0.6) is 0 Å². The van der Waals surface area contributed by atoms with Crippen molar-refractivity contribution in [2.24, 2.45) is 0 Å². The van der Waals surface area contributed by atoms with Crippen LogP contribution in [-0.4, -0.2) is 6.26 Å². The largest absolute Gasteiger partial charge is 0.135 e. The molecule has 0 heterocycles. The van der Waals surface area contributed by atoms with Crippen molar-refractivity contribution in [1.29, 1.82) is 0 Å². The fraction of sp³-hybridized carbons (Fsp3) is 0.600. The molecule has 36 valence electrons. The molecule has 0 aliphatic carbocycles. The highest BCUT2D eigenvalue weighted by atomic mass is 32.2. The summed E-state index contributed by atoms with van der Waals surface area (Å²) in [5.74, 6) is 0. The molecule has 0 saturated carbocycles. The zero-order valence-electron chi connectivity index (χ0n) is 4.32. The van der Waals surface area contributed by atoms with E-state index in [0.29, 0.717) is 0 Å². The van der Waals surface area contributed by atoms with E-state index in [1.165, 1.54) is 4.91 Å². The highest BCUT2D eigenvalue weighted by Gasteiger charge is 1.78. The van der Waals surface area contributed by atoms with Crippen LogP contribution in [0.25, 0.3) is 0 Å². The lowest BCUT2D eigenvalue weighted by Gasteiger charge is -1.88. The number of rotatable bonds is 2. The van der Waals surface area contributed by atoms with Crippen molar-refractivity contribution in [2.75, 3.05) is 6.26 Å². The van der Waals surface area contributed by atoms with Crippen LogP contribution < -0.4 is 0 Å². The molecule has 0 rings (SSSR count). The van der Waals surface area contributed by atoms with Gasteiger partial charge in [0.25, 0.3) is 0 Å². The summed E-state index contributed by atoms with van der Waals surface area (Å²) in [5, 5.41) is 0. The molecule has 0 N–H and O–H groups in total. The smallest absolute Gasteiger partial charge is 0.0140 e. The van der Waals surface area contributed by atoms with Gasteiger partial charge in [0, 0.05) is 0 Å². The molecule has 0 aromatic heterocycles. The monoisotopic (exact) mass is 102 g/mol. The Morgan fingerprint density at radius 2 is 2.33 bits per heavy atom. The van der Waals surface area contributed by atoms with Crippen LogP contribution in [0.15, 0.2) is 11.5 Å². The Hall–Kier alpha value is 0.0900. The Kier molecular flexibility index (Phi) is 3.34. The molecule has 6 heavy (non-hydrogen) atoms. The van der Waals surface area contributed by atoms with E-state index in [0.717, 1.165) is 6.42 Å². The second-order valence-electron chi connectivity index (χ2n) is 1.10. The van der Waals surface area contributed by atoms with E-state index in [1.807, 2.05) is 6.26 Å². The van der Waals surface area contributed by atoms with Crippen molar-refractivity contribution < 1.29 is 0 Å². The number of thioether (sulfide) groups is 1. The van der Waals surface area contributed by atoms with Crippen LogP contribution in [0.4, 0.5) is 0 Å². The lowest BCUT2D eigenvalue weighted by atomic mass is 10.5. The fourth-order valence-electron chi connectivity index (χ4n) is 0.144. The molecule has 0 saturated heterocycles. The third kappa shape index (κ3) is 2.33. The van der Waals surface area contributed by atoms with Gasteiger partial charge in [0.2, 0.25) is 0 Å². The molecule has 0 aliphatic rings. The van der Waals surface area contributed by atoms with Gasteiger partial charge in [0.1, 0.15) is 0 Å². The molecular weight excluding hydrogens is 92.1 g/mol. The first-order chi connectivity index (χ1) is 2.81. The first-order valence-corrected chi connectivity index (χ1v) is 3.25. The lowest BCUT2D eigenvalue weighted by Crippen LogP contribution is -1.61. The highest BCUT2D eigenvalue weighted by Crippen LogP contribution is 2.10. The minimum atomic E-state index is 1.10.